The van der Waals surface area contributed by atoms with Crippen molar-refractivity contribution < 1.29 is 19.7 Å². The maximum atomic E-state index is 10.2. The minimum atomic E-state index is -1.64. The molecule has 0 heterocycles. The van der Waals surface area contributed by atoms with Crippen LogP contribution >= 0.6 is 31.9 Å². The molecule has 0 aliphatic heterocycles. The molecule has 0 fully saturated rings. The molecule has 5 nitrogen and oxygen atoms in total. The first-order valence-corrected chi connectivity index (χ1v) is 6.49. The van der Waals surface area contributed by atoms with E-state index in [1.165, 1.54) is 20.3 Å². The van der Waals surface area contributed by atoms with Gasteiger partial charge in [0.05, 0.1) is 17.0 Å². The summed E-state index contributed by atoms with van der Waals surface area (Å²) >= 11 is 6.49. The highest BCUT2D eigenvalue weighted by Crippen LogP contribution is 2.45. The van der Waals surface area contributed by atoms with Gasteiger partial charge in [0.15, 0.2) is 0 Å². The SMILES string of the molecule is COC1(OC)C(Br)=CC(O)(CC#N)C(O)C1Br. The van der Waals surface area contributed by atoms with Crippen molar-refractivity contribution in [2.45, 2.75) is 28.7 Å². The number of aliphatic hydroxyl groups is 2. The summed E-state index contributed by atoms with van der Waals surface area (Å²) in [5.41, 5.74) is -1.64. The van der Waals surface area contributed by atoms with Crippen molar-refractivity contribution in [3.05, 3.63) is 10.6 Å². The Morgan fingerprint density at radius 3 is 2.47 bits per heavy atom. The predicted octanol–water partition coefficient (Wildman–Crippen LogP) is 1.04. The molecule has 0 saturated heterocycles. The molecule has 0 bridgehead atoms. The van der Waals surface area contributed by atoms with Crippen LogP contribution in [0.3, 0.4) is 0 Å². The fourth-order valence-electron chi connectivity index (χ4n) is 1.78. The van der Waals surface area contributed by atoms with Crippen molar-refractivity contribution in [1.29, 1.82) is 5.26 Å². The van der Waals surface area contributed by atoms with Crippen molar-refractivity contribution in [3.8, 4) is 6.07 Å². The van der Waals surface area contributed by atoms with Crippen LogP contribution < -0.4 is 0 Å². The Morgan fingerprint density at radius 2 is 2.06 bits per heavy atom. The first-order chi connectivity index (χ1) is 7.88. The van der Waals surface area contributed by atoms with Crippen LogP contribution in [0.25, 0.3) is 0 Å². The summed E-state index contributed by atoms with van der Waals surface area (Å²) in [4.78, 5) is -0.720. The van der Waals surface area contributed by atoms with Gasteiger partial charge in [-0.3, -0.25) is 0 Å². The van der Waals surface area contributed by atoms with Crippen LogP contribution in [-0.4, -0.2) is 46.8 Å². The molecule has 96 valence electrons. The van der Waals surface area contributed by atoms with Crippen molar-refractivity contribution in [2.24, 2.45) is 0 Å². The van der Waals surface area contributed by atoms with E-state index in [-0.39, 0.29) is 6.42 Å². The second kappa shape index (κ2) is 5.34. The molecular formula is C10H13Br2NO4. The molecule has 0 amide bonds. The lowest BCUT2D eigenvalue weighted by molar-refractivity contribution is -0.204. The van der Waals surface area contributed by atoms with Crippen molar-refractivity contribution in [1.82, 2.24) is 0 Å². The van der Waals surface area contributed by atoms with Crippen molar-refractivity contribution >= 4 is 31.9 Å². The number of nitrogens with zero attached hydrogens (tertiary/aromatic N) is 1. The number of halogens is 2. The summed E-state index contributed by atoms with van der Waals surface area (Å²) in [7, 11) is 2.85. The summed E-state index contributed by atoms with van der Waals surface area (Å²) in [6.07, 6.45) is -0.121. The monoisotopic (exact) mass is 369 g/mol. The normalized spacial score (nSPS) is 36.2. The third-order valence-electron chi connectivity index (χ3n) is 2.83. The summed E-state index contributed by atoms with van der Waals surface area (Å²) in [5, 5.41) is 28.9. The molecule has 0 aromatic rings. The van der Waals surface area contributed by atoms with E-state index < -0.39 is 22.3 Å². The minimum absolute atomic E-state index is 0.227. The molecule has 0 aromatic heterocycles. The molecule has 0 spiro atoms. The summed E-state index contributed by atoms with van der Waals surface area (Å²) in [6.45, 7) is 0. The van der Waals surface area contributed by atoms with Gasteiger partial charge in [-0.25, -0.2) is 0 Å². The Kier molecular flexibility index (Phi) is 4.74. The predicted molar refractivity (Wildman–Crippen MR) is 67.7 cm³/mol. The van der Waals surface area contributed by atoms with Crippen LogP contribution in [0.15, 0.2) is 10.6 Å². The lowest BCUT2D eigenvalue weighted by Crippen LogP contribution is -2.60. The highest BCUT2D eigenvalue weighted by atomic mass is 79.9. The van der Waals surface area contributed by atoms with Crippen LogP contribution in [0, 0.1) is 11.3 Å². The molecule has 1 rings (SSSR count). The molecule has 17 heavy (non-hydrogen) atoms. The molecule has 7 heteroatoms. The Hall–Kier alpha value is 0.0300. The van der Waals surface area contributed by atoms with Gasteiger partial charge in [-0.15, -0.1) is 0 Å². The topological polar surface area (TPSA) is 82.7 Å². The third-order valence-corrected chi connectivity index (χ3v) is 4.72. The van der Waals surface area contributed by atoms with Gasteiger partial charge >= 0.3 is 0 Å². The fraction of sp³-hybridized carbons (Fsp3) is 0.700. The Morgan fingerprint density at radius 1 is 1.53 bits per heavy atom. The second-order valence-corrected chi connectivity index (χ2v) is 5.58. The van der Waals surface area contributed by atoms with Crippen molar-refractivity contribution in [2.75, 3.05) is 14.2 Å². The number of alkyl halides is 1. The van der Waals surface area contributed by atoms with E-state index in [4.69, 9.17) is 14.7 Å². The molecule has 0 saturated carbocycles. The summed E-state index contributed by atoms with van der Waals surface area (Å²) in [5.74, 6) is -1.22. The summed E-state index contributed by atoms with van der Waals surface area (Å²) < 4.78 is 10.9. The molecule has 3 unspecified atom stereocenters. The van der Waals surface area contributed by atoms with Crippen LogP contribution in [-0.2, 0) is 9.47 Å². The number of methoxy groups -OCH3 is 2. The van der Waals surface area contributed by atoms with Crippen LogP contribution in [0.1, 0.15) is 6.42 Å². The van der Waals surface area contributed by atoms with E-state index in [9.17, 15) is 10.2 Å². The highest BCUT2D eigenvalue weighted by molar-refractivity contribution is 9.12. The Balaban J connectivity index is 3.27. The van der Waals surface area contributed by atoms with Gasteiger partial charge in [-0.2, -0.15) is 5.26 Å². The Bertz CT molecular complexity index is 364. The molecule has 2 N–H and O–H groups in total. The first kappa shape index (κ1) is 15.1. The lowest BCUT2D eigenvalue weighted by Gasteiger charge is -2.45. The van der Waals surface area contributed by atoms with Gasteiger partial charge in [0, 0.05) is 14.2 Å². The van der Waals surface area contributed by atoms with Gasteiger partial charge in [-0.1, -0.05) is 15.9 Å². The second-order valence-electron chi connectivity index (χ2n) is 3.74. The average molecular weight is 371 g/mol. The zero-order valence-corrected chi connectivity index (χ0v) is 12.5. The number of nitriles is 1. The van der Waals surface area contributed by atoms with Crippen molar-refractivity contribution in [3.63, 3.8) is 0 Å². The maximum absolute atomic E-state index is 10.2. The zero-order chi connectivity index (χ0) is 13.3. The average Bonchev–Trinajstić information content (AvgIpc) is 2.28. The van der Waals surface area contributed by atoms with E-state index >= 15 is 0 Å². The smallest absolute Gasteiger partial charge is 0.216 e. The first-order valence-electron chi connectivity index (χ1n) is 4.78. The Labute approximate surface area is 116 Å². The molecule has 0 aromatic carbocycles. The molecule has 1 aliphatic rings. The van der Waals surface area contributed by atoms with Crippen LogP contribution in [0.5, 0.6) is 0 Å². The van der Waals surface area contributed by atoms with E-state index in [0.717, 1.165) is 0 Å². The molecular weight excluding hydrogens is 358 g/mol. The minimum Gasteiger partial charge on any atom is -0.388 e. The third kappa shape index (κ3) is 2.30. The number of hydrogen-bond donors (Lipinski definition) is 2. The van der Waals surface area contributed by atoms with E-state index in [0.29, 0.717) is 4.48 Å². The quantitative estimate of drug-likeness (QED) is 0.572. The zero-order valence-electron chi connectivity index (χ0n) is 9.35. The lowest BCUT2D eigenvalue weighted by atomic mass is 9.83. The van der Waals surface area contributed by atoms with Crippen LogP contribution in [0.2, 0.25) is 0 Å². The highest BCUT2D eigenvalue weighted by Gasteiger charge is 2.55. The maximum Gasteiger partial charge on any atom is 0.216 e. The van der Waals surface area contributed by atoms with E-state index in [1.54, 1.807) is 0 Å². The van der Waals surface area contributed by atoms with Gasteiger partial charge in [0.2, 0.25) is 5.79 Å². The van der Waals surface area contributed by atoms with Gasteiger partial charge in [0.25, 0.3) is 0 Å². The van der Waals surface area contributed by atoms with E-state index in [2.05, 4.69) is 31.9 Å². The number of ether oxygens (including phenoxy) is 2. The molecule has 0 radical (unpaired) electrons. The summed E-state index contributed by atoms with van der Waals surface area (Å²) in [6, 6.07) is 1.83. The van der Waals surface area contributed by atoms with Gasteiger partial charge in [-0.05, 0) is 22.0 Å². The number of rotatable bonds is 3. The number of aliphatic hydroxyl groups excluding tert-OH is 1. The largest absolute Gasteiger partial charge is 0.388 e. The fourth-order valence-corrected chi connectivity index (χ4v) is 4.14. The standard InChI is InChI=1S/C10H13Br2NO4/c1-16-10(17-2)6(11)5-9(15,3-4-13)8(14)7(10)12/h5,7-8,14-15H,3H2,1-2H3. The van der Waals surface area contributed by atoms with Crippen LogP contribution in [0.4, 0.5) is 0 Å². The molecule has 1 aliphatic carbocycles. The molecule has 3 atom stereocenters. The number of hydrogen-bond acceptors (Lipinski definition) is 5. The van der Waals surface area contributed by atoms with E-state index in [1.807, 2.05) is 6.07 Å². The van der Waals surface area contributed by atoms with Gasteiger partial charge < -0.3 is 19.7 Å². The van der Waals surface area contributed by atoms with Gasteiger partial charge in [0.1, 0.15) is 16.5 Å².